The fourth-order valence-corrected chi connectivity index (χ4v) is 2.44. The molecule has 0 aliphatic rings. The fraction of sp³-hybridized carbons (Fsp3) is 0.235. The number of carbonyl (C=O) groups excluding carboxylic acids is 1. The molecule has 0 unspecified atom stereocenters. The molecule has 0 saturated carbocycles. The second kappa shape index (κ2) is 6.85. The van der Waals surface area contributed by atoms with E-state index in [4.69, 9.17) is 5.11 Å². The molecule has 1 N–H and O–H groups in total. The lowest BCUT2D eigenvalue weighted by atomic mass is 10.0. The van der Waals surface area contributed by atoms with E-state index in [0.29, 0.717) is 5.56 Å². The number of carboxylic acids is 1. The average molecular weight is 298 g/mol. The molecule has 1 aromatic carbocycles. The summed E-state index contributed by atoms with van der Waals surface area (Å²) in [7, 11) is 1.72. The number of aromatic nitrogens is 1. The Labute approximate surface area is 129 Å². The number of rotatable bonds is 5. The zero-order valence-electron chi connectivity index (χ0n) is 12.6. The summed E-state index contributed by atoms with van der Waals surface area (Å²) in [5.74, 6) is -1.25. The molecular weight excluding hydrogens is 280 g/mol. The Morgan fingerprint density at radius 2 is 1.95 bits per heavy atom. The summed E-state index contributed by atoms with van der Waals surface area (Å²) < 4.78 is 0. The van der Waals surface area contributed by atoms with E-state index in [-0.39, 0.29) is 17.5 Å². The van der Waals surface area contributed by atoms with E-state index in [1.807, 2.05) is 19.1 Å². The van der Waals surface area contributed by atoms with Crippen LogP contribution in [0.15, 0.2) is 48.8 Å². The molecular formula is C17H18N2O3. The molecule has 0 fully saturated rings. The SMILES string of the molecule is CC[C@H](c1cccnc1)N(C)C(=O)c1cccc(C(=O)O)c1. The molecule has 0 spiro atoms. The molecule has 0 saturated heterocycles. The van der Waals surface area contributed by atoms with Crippen molar-refractivity contribution in [3.63, 3.8) is 0 Å². The highest BCUT2D eigenvalue weighted by Crippen LogP contribution is 2.24. The van der Waals surface area contributed by atoms with Crippen LogP contribution < -0.4 is 0 Å². The van der Waals surface area contributed by atoms with Gasteiger partial charge in [-0.3, -0.25) is 9.78 Å². The number of aromatic carboxylic acids is 1. The average Bonchev–Trinajstić information content (AvgIpc) is 2.55. The van der Waals surface area contributed by atoms with Crippen LogP contribution in [0.1, 0.15) is 45.7 Å². The summed E-state index contributed by atoms with van der Waals surface area (Å²) >= 11 is 0. The number of pyridine rings is 1. The van der Waals surface area contributed by atoms with Crippen LogP contribution in [0, 0.1) is 0 Å². The molecule has 1 aromatic heterocycles. The van der Waals surface area contributed by atoms with Gasteiger partial charge in [0.05, 0.1) is 11.6 Å². The van der Waals surface area contributed by atoms with E-state index in [1.165, 1.54) is 12.1 Å². The van der Waals surface area contributed by atoms with Gasteiger partial charge >= 0.3 is 5.97 Å². The zero-order valence-corrected chi connectivity index (χ0v) is 12.6. The van der Waals surface area contributed by atoms with Crippen LogP contribution in [0.2, 0.25) is 0 Å². The van der Waals surface area contributed by atoms with Gasteiger partial charge in [-0.2, -0.15) is 0 Å². The summed E-state index contributed by atoms with van der Waals surface area (Å²) in [4.78, 5) is 29.3. The number of hydrogen-bond donors (Lipinski definition) is 1. The van der Waals surface area contributed by atoms with Crippen LogP contribution in [-0.4, -0.2) is 33.9 Å². The first kappa shape index (κ1) is 15.7. The first-order valence-corrected chi connectivity index (χ1v) is 7.05. The minimum atomic E-state index is -1.04. The molecule has 5 nitrogen and oxygen atoms in total. The highest BCUT2D eigenvalue weighted by Gasteiger charge is 2.22. The van der Waals surface area contributed by atoms with E-state index in [0.717, 1.165) is 12.0 Å². The summed E-state index contributed by atoms with van der Waals surface area (Å²) in [5, 5.41) is 9.03. The normalized spacial score (nSPS) is 11.7. The molecule has 1 amide bonds. The third kappa shape index (κ3) is 3.31. The fourth-order valence-electron chi connectivity index (χ4n) is 2.44. The Morgan fingerprint density at radius 3 is 2.55 bits per heavy atom. The van der Waals surface area contributed by atoms with Crippen LogP contribution >= 0.6 is 0 Å². The predicted molar refractivity (Wildman–Crippen MR) is 82.8 cm³/mol. The van der Waals surface area contributed by atoms with E-state index < -0.39 is 5.97 Å². The molecule has 22 heavy (non-hydrogen) atoms. The Balaban J connectivity index is 2.28. The Hall–Kier alpha value is -2.69. The second-order valence-electron chi connectivity index (χ2n) is 5.01. The van der Waals surface area contributed by atoms with Crippen molar-refractivity contribution in [2.75, 3.05) is 7.05 Å². The zero-order chi connectivity index (χ0) is 16.1. The molecule has 0 aliphatic heterocycles. The van der Waals surface area contributed by atoms with Gasteiger partial charge in [0.1, 0.15) is 0 Å². The first-order chi connectivity index (χ1) is 10.5. The van der Waals surface area contributed by atoms with Gasteiger partial charge in [0.15, 0.2) is 0 Å². The summed E-state index contributed by atoms with van der Waals surface area (Å²) in [6, 6.07) is 9.74. The van der Waals surface area contributed by atoms with Crippen molar-refractivity contribution in [2.45, 2.75) is 19.4 Å². The number of carbonyl (C=O) groups is 2. The highest BCUT2D eigenvalue weighted by atomic mass is 16.4. The van der Waals surface area contributed by atoms with Gasteiger partial charge in [0.2, 0.25) is 0 Å². The summed E-state index contributed by atoms with van der Waals surface area (Å²) in [5.41, 5.74) is 1.42. The van der Waals surface area contributed by atoms with Crippen molar-refractivity contribution >= 4 is 11.9 Å². The molecule has 2 rings (SSSR count). The smallest absolute Gasteiger partial charge is 0.335 e. The van der Waals surface area contributed by atoms with Crippen molar-refractivity contribution in [3.8, 4) is 0 Å². The lowest BCUT2D eigenvalue weighted by Crippen LogP contribution is -2.31. The first-order valence-electron chi connectivity index (χ1n) is 7.05. The topological polar surface area (TPSA) is 70.5 Å². The van der Waals surface area contributed by atoms with Gasteiger partial charge in [0.25, 0.3) is 5.91 Å². The number of nitrogens with zero attached hydrogens (tertiary/aromatic N) is 2. The van der Waals surface area contributed by atoms with Crippen molar-refractivity contribution in [1.29, 1.82) is 0 Å². The lowest BCUT2D eigenvalue weighted by Gasteiger charge is -2.27. The third-order valence-electron chi connectivity index (χ3n) is 3.60. The quantitative estimate of drug-likeness (QED) is 0.921. The Kier molecular flexibility index (Phi) is 4.88. The molecule has 114 valence electrons. The maximum Gasteiger partial charge on any atom is 0.335 e. The maximum absolute atomic E-state index is 12.6. The minimum absolute atomic E-state index is 0.102. The van der Waals surface area contributed by atoms with Gasteiger partial charge in [-0.15, -0.1) is 0 Å². The highest BCUT2D eigenvalue weighted by molar-refractivity contribution is 5.97. The van der Waals surface area contributed by atoms with Crippen LogP contribution in [-0.2, 0) is 0 Å². The second-order valence-corrected chi connectivity index (χ2v) is 5.01. The van der Waals surface area contributed by atoms with E-state index >= 15 is 0 Å². The lowest BCUT2D eigenvalue weighted by molar-refractivity contribution is 0.0697. The van der Waals surface area contributed by atoms with E-state index in [1.54, 1.807) is 36.5 Å². The monoisotopic (exact) mass is 298 g/mol. The minimum Gasteiger partial charge on any atom is -0.478 e. The number of hydrogen-bond acceptors (Lipinski definition) is 3. The number of carboxylic acid groups (broad SMARTS) is 1. The third-order valence-corrected chi connectivity index (χ3v) is 3.60. The van der Waals surface area contributed by atoms with Gasteiger partial charge in [-0.1, -0.05) is 19.1 Å². The van der Waals surface area contributed by atoms with E-state index in [9.17, 15) is 9.59 Å². The van der Waals surface area contributed by atoms with Gasteiger partial charge in [-0.05, 0) is 36.2 Å². The number of amides is 1. The maximum atomic E-state index is 12.6. The standard InChI is InChI=1S/C17H18N2O3/c1-3-15(14-8-5-9-18-11-14)19(2)16(20)12-6-4-7-13(10-12)17(21)22/h4-11,15H,3H2,1-2H3,(H,21,22)/t15-/m1/s1. The van der Waals surface area contributed by atoms with Crippen molar-refractivity contribution in [1.82, 2.24) is 9.88 Å². The van der Waals surface area contributed by atoms with Crippen molar-refractivity contribution in [2.24, 2.45) is 0 Å². The predicted octanol–water partition coefficient (Wildman–Crippen LogP) is 3.00. The van der Waals surface area contributed by atoms with Gasteiger partial charge in [-0.25, -0.2) is 4.79 Å². The molecule has 2 aromatic rings. The van der Waals surface area contributed by atoms with Crippen molar-refractivity contribution < 1.29 is 14.7 Å². The molecule has 0 radical (unpaired) electrons. The summed E-state index contributed by atoms with van der Waals surface area (Å²) in [6.07, 6.45) is 4.17. The molecule has 5 heteroatoms. The van der Waals surface area contributed by atoms with E-state index in [2.05, 4.69) is 4.98 Å². The van der Waals surface area contributed by atoms with Crippen molar-refractivity contribution in [3.05, 3.63) is 65.5 Å². The Bertz CT molecular complexity index is 671. The van der Waals surface area contributed by atoms with Gasteiger partial charge < -0.3 is 10.0 Å². The molecule has 1 atom stereocenters. The number of benzene rings is 1. The van der Waals surface area contributed by atoms with Crippen LogP contribution in [0.5, 0.6) is 0 Å². The molecule has 0 aliphatic carbocycles. The molecule has 0 bridgehead atoms. The van der Waals surface area contributed by atoms with Crippen LogP contribution in [0.3, 0.4) is 0 Å². The van der Waals surface area contributed by atoms with Gasteiger partial charge in [0, 0.05) is 25.0 Å². The molecule has 1 heterocycles. The van der Waals surface area contributed by atoms with Crippen LogP contribution in [0.25, 0.3) is 0 Å². The largest absolute Gasteiger partial charge is 0.478 e. The summed E-state index contributed by atoms with van der Waals surface area (Å²) in [6.45, 7) is 2.00. The van der Waals surface area contributed by atoms with Crippen LogP contribution in [0.4, 0.5) is 0 Å². The Morgan fingerprint density at radius 1 is 1.23 bits per heavy atom.